The normalized spacial score (nSPS) is 11.2. The van der Waals surface area contributed by atoms with Gasteiger partial charge < -0.3 is 0 Å². The van der Waals surface area contributed by atoms with Crippen LogP contribution in [0.15, 0.2) is 182 Å². The van der Waals surface area contributed by atoms with Crippen molar-refractivity contribution in [3.05, 3.63) is 182 Å². The summed E-state index contributed by atoms with van der Waals surface area (Å²) in [6.45, 7) is 0. The summed E-state index contributed by atoms with van der Waals surface area (Å²) in [5.41, 5.74) is 0. The Balaban J connectivity index is 0.000000161. The first-order valence-electron chi connectivity index (χ1n) is 13.2. The van der Waals surface area contributed by atoms with Crippen LogP contribution in [0.2, 0.25) is 0 Å². The van der Waals surface area contributed by atoms with E-state index in [-0.39, 0.29) is 0 Å². The fraction of sp³-hybridized carbons (Fsp3) is 0. The molecule has 0 aromatic heterocycles. The van der Waals surface area contributed by atoms with E-state index < -0.39 is 12.1 Å². The molecular weight excluding hydrogens is 558 g/mol. The van der Waals surface area contributed by atoms with Crippen molar-refractivity contribution in [3.63, 3.8) is 0 Å². The fourth-order valence-electron chi connectivity index (χ4n) is 4.72. The third-order valence-electron chi connectivity index (χ3n) is 6.72. The average Bonchev–Trinajstić information content (AvgIpc) is 3.07. The molecule has 4 heteroatoms. The van der Waals surface area contributed by atoms with Gasteiger partial charge >= 0.3 is 0 Å². The van der Waals surface area contributed by atoms with E-state index in [0.717, 1.165) is 0 Å². The first-order valence-corrected chi connectivity index (χ1v) is 18.8. The minimum atomic E-state index is -1.94. The Kier molecular flexibility index (Phi) is 9.38. The Morgan fingerprint density at radius 1 is 0.225 bits per heavy atom. The molecule has 0 bridgehead atoms. The molecule has 0 aliphatic heterocycles. The minimum absolute atomic E-state index is 1.24. The first-order chi connectivity index (χ1) is 19.6. The summed E-state index contributed by atoms with van der Waals surface area (Å²) in [6.07, 6.45) is 0. The number of rotatable bonds is 6. The van der Waals surface area contributed by atoms with Gasteiger partial charge in [-0.1, -0.05) is 206 Å². The van der Waals surface area contributed by atoms with Crippen molar-refractivity contribution < 1.29 is 0 Å². The van der Waals surface area contributed by atoms with Crippen molar-refractivity contribution >= 4 is 67.5 Å². The molecule has 40 heavy (non-hydrogen) atoms. The van der Waals surface area contributed by atoms with Crippen LogP contribution in [0.4, 0.5) is 0 Å². The topological polar surface area (TPSA) is 0 Å². The molecule has 6 rings (SSSR count). The van der Waals surface area contributed by atoms with Gasteiger partial charge in [-0.25, -0.2) is 0 Å². The van der Waals surface area contributed by atoms with Crippen LogP contribution in [0.1, 0.15) is 0 Å². The second kappa shape index (κ2) is 13.3. The third-order valence-corrected chi connectivity index (χ3v) is 16.7. The molecule has 0 unspecified atom stereocenters. The van der Waals surface area contributed by atoms with E-state index >= 15 is 0 Å². The smallest absolute Gasteiger partial charge is 0.0379 e. The van der Waals surface area contributed by atoms with E-state index in [9.17, 15) is 0 Å². The molecule has 0 saturated heterocycles. The van der Waals surface area contributed by atoms with Gasteiger partial charge in [0.25, 0.3) is 0 Å². The SMILES string of the molecule is S=P(c1ccccc1)(c1ccccc1)c1ccccc1.S=P(c1ccccc1)(c1ccccc1)c1ccccc1. The van der Waals surface area contributed by atoms with E-state index in [2.05, 4.69) is 146 Å². The van der Waals surface area contributed by atoms with Crippen LogP contribution in [0.5, 0.6) is 0 Å². The van der Waals surface area contributed by atoms with Crippen LogP contribution in [0.3, 0.4) is 0 Å². The van der Waals surface area contributed by atoms with Crippen molar-refractivity contribution in [1.29, 1.82) is 0 Å². The van der Waals surface area contributed by atoms with Gasteiger partial charge in [-0.05, 0) is 31.8 Å². The van der Waals surface area contributed by atoms with Crippen LogP contribution in [0, 0.1) is 0 Å². The lowest BCUT2D eigenvalue weighted by Gasteiger charge is -2.23. The maximum atomic E-state index is 6.21. The van der Waals surface area contributed by atoms with Crippen molar-refractivity contribution in [1.82, 2.24) is 0 Å². The van der Waals surface area contributed by atoms with Gasteiger partial charge in [-0.15, -0.1) is 0 Å². The molecule has 0 spiro atoms. The zero-order valence-corrected chi connectivity index (χ0v) is 25.5. The molecule has 6 aromatic rings. The van der Waals surface area contributed by atoms with Crippen LogP contribution in [0.25, 0.3) is 0 Å². The van der Waals surface area contributed by atoms with Crippen LogP contribution in [-0.2, 0) is 23.6 Å². The second-order valence-electron chi connectivity index (χ2n) is 9.23. The van der Waals surface area contributed by atoms with E-state index in [1.54, 1.807) is 0 Å². The van der Waals surface area contributed by atoms with Crippen molar-refractivity contribution in [2.75, 3.05) is 0 Å². The highest BCUT2D eigenvalue weighted by molar-refractivity contribution is 8.26. The van der Waals surface area contributed by atoms with E-state index in [1.807, 2.05) is 36.4 Å². The molecule has 0 aliphatic rings. The molecule has 0 amide bonds. The Labute approximate surface area is 248 Å². The van der Waals surface area contributed by atoms with Crippen molar-refractivity contribution in [2.45, 2.75) is 0 Å². The van der Waals surface area contributed by atoms with Gasteiger partial charge in [0.15, 0.2) is 0 Å². The molecule has 0 aliphatic carbocycles. The van der Waals surface area contributed by atoms with Crippen LogP contribution in [-0.4, -0.2) is 0 Å². The highest BCUT2D eigenvalue weighted by atomic mass is 32.4. The predicted octanol–water partition coefficient (Wildman–Crippen LogP) is 6.88. The predicted molar refractivity (Wildman–Crippen MR) is 185 cm³/mol. The Morgan fingerprint density at radius 2 is 0.350 bits per heavy atom. The van der Waals surface area contributed by atoms with Gasteiger partial charge in [0, 0.05) is 12.1 Å². The first kappa shape index (κ1) is 28.2. The lowest BCUT2D eigenvalue weighted by molar-refractivity contribution is 1.73. The van der Waals surface area contributed by atoms with Crippen molar-refractivity contribution in [2.24, 2.45) is 0 Å². The lowest BCUT2D eigenvalue weighted by atomic mass is 10.4. The molecule has 0 nitrogen and oxygen atoms in total. The third kappa shape index (κ3) is 6.02. The Bertz CT molecular complexity index is 1370. The molecule has 196 valence electrons. The molecule has 0 heterocycles. The average molecular weight is 589 g/mol. The van der Waals surface area contributed by atoms with Gasteiger partial charge in [-0.2, -0.15) is 0 Å². The summed E-state index contributed by atoms with van der Waals surface area (Å²) in [7, 11) is 0. The maximum Gasteiger partial charge on any atom is 0.0379 e. The number of hydrogen-bond donors (Lipinski definition) is 0. The summed E-state index contributed by atoms with van der Waals surface area (Å²) in [5.74, 6) is 0. The van der Waals surface area contributed by atoms with Gasteiger partial charge in [0.05, 0.1) is 0 Å². The van der Waals surface area contributed by atoms with E-state index in [0.29, 0.717) is 0 Å². The maximum absolute atomic E-state index is 6.21. The quantitative estimate of drug-likeness (QED) is 0.195. The molecule has 0 saturated carbocycles. The molecule has 0 N–H and O–H groups in total. The number of benzene rings is 6. The highest BCUT2D eigenvalue weighted by Crippen LogP contribution is 2.43. The summed E-state index contributed by atoms with van der Waals surface area (Å²) in [6, 6.07) is 59.1. The second-order valence-corrected chi connectivity index (χ2v) is 18.1. The number of hydrogen-bond acceptors (Lipinski definition) is 2. The molecule has 6 aromatic carbocycles. The standard InChI is InChI=1S/2C18H15PS/c2*20-19(16-10-4-1-5-11-16,17-12-6-2-7-13-17)18-14-8-3-9-15-18/h2*1-15H. The van der Waals surface area contributed by atoms with Crippen LogP contribution >= 0.6 is 12.1 Å². The molecule has 0 fully saturated rings. The molecule has 0 atom stereocenters. The lowest BCUT2D eigenvalue weighted by Crippen LogP contribution is -2.24. The molecular formula is C36H30P2S2. The zero-order valence-electron chi connectivity index (χ0n) is 22.0. The van der Waals surface area contributed by atoms with E-state index in [1.165, 1.54) is 31.8 Å². The van der Waals surface area contributed by atoms with Gasteiger partial charge in [0.2, 0.25) is 0 Å². The summed E-state index contributed by atoms with van der Waals surface area (Å²) in [4.78, 5) is 0. The monoisotopic (exact) mass is 588 g/mol. The van der Waals surface area contributed by atoms with Gasteiger partial charge in [-0.3, -0.25) is 0 Å². The fourth-order valence-corrected chi connectivity index (χ4v) is 12.3. The summed E-state index contributed by atoms with van der Waals surface area (Å²) in [5, 5.41) is 7.46. The zero-order chi connectivity index (χ0) is 27.7. The van der Waals surface area contributed by atoms with E-state index in [4.69, 9.17) is 23.6 Å². The Morgan fingerprint density at radius 3 is 0.475 bits per heavy atom. The summed E-state index contributed by atoms with van der Waals surface area (Å²) < 4.78 is 0. The summed E-state index contributed by atoms with van der Waals surface area (Å²) >= 11 is 12.4. The largest absolute Gasteiger partial charge is 0.0826 e. The minimum Gasteiger partial charge on any atom is -0.0826 e. The van der Waals surface area contributed by atoms with Crippen molar-refractivity contribution in [3.8, 4) is 0 Å². The highest BCUT2D eigenvalue weighted by Gasteiger charge is 2.25. The van der Waals surface area contributed by atoms with Crippen LogP contribution < -0.4 is 31.8 Å². The molecule has 0 radical (unpaired) electrons. The van der Waals surface area contributed by atoms with Gasteiger partial charge in [0.1, 0.15) is 0 Å². The Hall–Kier alpha value is -3.38.